The third-order valence-electron chi connectivity index (χ3n) is 6.63. The fourth-order valence-corrected chi connectivity index (χ4v) is 4.72. The summed E-state index contributed by atoms with van der Waals surface area (Å²) in [6, 6.07) is 9.58. The Balaban J connectivity index is 1.31. The number of ether oxygens (including phenoxy) is 1. The summed E-state index contributed by atoms with van der Waals surface area (Å²) in [5, 5.41) is 13.7. The molecule has 2 aliphatic heterocycles. The fraction of sp³-hybridized carbons (Fsp3) is 0.423. The molecular weight excluding hydrogens is 446 g/mol. The number of aromatic nitrogens is 2. The number of aliphatic hydroxyl groups is 1. The Hall–Kier alpha value is -3.43. The monoisotopic (exact) mass is 477 g/mol. The zero-order chi connectivity index (χ0) is 24.7. The number of nitrogen functional groups attached to an aromatic ring is 1. The number of benzene rings is 2. The van der Waals surface area contributed by atoms with Crippen molar-refractivity contribution in [1.82, 2.24) is 19.9 Å². The van der Waals surface area contributed by atoms with Gasteiger partial charge in [0.15, 0.2) is 0 Å². The van der Waals surface area contributed by atoms with Gasteiger partial charge >= 0.3 is 0 Å². The number of carbonyl (C=O) groups excluding carboxylic acids is 1. The van der Waals surface area contributed by atoms with Gasteiger partial charge in [0.25, 0.3) is 5.89 Å². The number of hydrogen-bond donors (Lipinski definition) is 2. The highest BCUT2D eigenvalue weighted by molar-refractivity contribution is 5.79. The fourth-order valence-electron chi connectivity index (χ4n) is 4.72. The third kappa shape index (κ3) is 4.74. The highest BCUT2D eigenvalue weighted by atomic mass is 16.5. The lowest BCUT2D eigenvalue weighted by Gasteiger charge is -2.38. The van der Waals surface area contributed by atoms with Crippen LogP contribution in [-0.4, -0.2) is 69.3 Å². The van der Waals surface area contributed by atoms with Crippen LogP contribution in [0.15, 0.2) is 34.9 Å². The Morgan fingerprint density at radius 1 is 1.29 bits per heavy atom. The highest BCUT2D eigenvalue weighted by Gasteiger charge is 2.30. The number of anilines is 1. The summed E-state index contributed by atoms with van der Waals surface area (Å²) in [6.07, 6.45) is 0.513. The molecule has 3 aromatic rings. The maximum absolute atomic E-state index is 12.4. The summed E-state index contributed by atoms with van der Waals surface area (Å²) in [5.41, 5.74) is 12.0. The van der Waals surface area contributed by atoms with E-state index in [0.29, 0.717) is 42.8 Å². The molecule has 5 rings (SSSR count). The van der Waals surface area contributed by atoms with E-state index in [1.165, 1.54) is 11.1 Å². The van der Waals surface area contributed by atoms with Gasteiger partial charge in [-0.2, -0.15) is 4.98 Å². The van der Waals surface area contributed by atoms with Crippen LogP contribution in [0.5, 0.6) is 5.75 Å². The van der Waals surface area contributed by atoms with Gasteiger partial charge in [-0.3, -0.25) is 9.69 Å². The van der Waals surface area contributed by atoms with Crippen LogP contribution < -0.4 is 10.5 Å². The second-order valence-electron chi connectivity index (χ2n) is 9.63. The van der Waals surface area contributed by atoms with Crippen LogP contribution in [0.25, 0.3) is 22.8 Å². The van der Waals surface area contributed by atoms with Crippen LogP contribution in [0.1, 0.15) is 30.5 Å². The first kappa shape index (κ1) is 23.3. The van der Waals surface area contributed by atoms with E-state index < -0.39 is 0 Å². The molecule has 0 saturated carbocycles. The van der Waals surface area contributed by atoms with E-state index in [9.17, 15) is 9.90 Å². The molecule has 0 aliphatic carbocycles. The number of amides is 1. The molecule has 184 valence electrons. The van der Waals surface area contributed by atoms with Gasteiger partial charge in [0.2, 0.25) is 11.7 Å². The lowest BCUT2D eigenvalue weighted by molar-refractivity contribution is -0.142. The summed E-state index contributed by atoms with van der Waals surface area (Å²) in [7, 11) is 0. The molecule has 0 bridgehead atoms. The molecule has 9 nitrogen and oxygen atoms in total. The zero-order valence-electron chi connectivity index (χ0n) is 20.3. The van der Waals surface area contributed by atoms with Crippen LogP contribution in [0.3, 0.4) is 0 Å². The molecule has 1 aromatic heterocycles. The van der Waals surface area contributed by atoms with Gasteiger partial charge in [-0.15, -0.1) is 0 Å². The molecule has 35 heavy (non-hydrogen) atoms. The van der Waals surface area contributed by atoms with E-state index in [1.807, 2.05) is 32.0 Å². The lowest BCUT2D eigenvalue weighted by atomic mass is 9.91. The smallest absolute Gasteiger partial charge is 0.258 e. The SMILES string of the molecule is Cc1c(-c2noc(-c3ccc(OC(C)C)c(N)c3)n2)ccc2c1CCN(CC(=O)N1CC(O)C1)C2. The number of aliphatic hydroxyl groups excluding tert-OH is 1. The van der Waals surface area contributed by atoms with E-state index in [1.54, 1.807) is 11.0 Å². The minimum Gasteiger partial charge on any atom is -0.489 e. The van der Waals surface area contributed by atoms with Gasteiger partial charge in [-0.05, 0) is 62.1 Å². The van der Waals surface area contributed by atoms with Crippen molar-refractivity contribution in [1.29, 1.82) is 0 Å². The van der Waals surface area contributed by atoms with Gasteiger partial charge < -0.3 is 25.0 Å². The first-order valence-electron chi connectivity index (χ1n) is 12.0. The number of likely N-dealkylation sites (tertiary alicyclic amines) is 1. The standard InChI is InChI=1S/C26H31N5O4/c1-15(2)34-23-7-5-17(10-22(23)27)26-28-25(29-35-26)21-6-4-18-11-30(9-8-20(18)16(21)3)14-24(33)31-12-19(32)13-31/h4-7,10,15,19,32H,8-9,11-14,27H2,1-3H3. The summed E-state index contributed by atoms with van der Waals surface area (Å²) < 4.78 is 11.3. The minimum absolute atomic E-state index is 0.0345. The van der Waals surface area contributed by atoms with Crippen molar-refractivity contribution < 1.29 is 19.2 Å². The number of fused-ring (bicyclic) bond motifs is 1. The molecular formula is C26H31N5O4. The molecule has 2 aliphatic rings. The number of carbonyl (C=O) groups is 1. The van der Waals surface area contributed by atoms with E-state index in [-0.39, 0.29) is 18.1 Å². The number of nitrogens with zero attached hydrogens (tertiary/aromatic N) is 4. The third-order valence-corrected chi connectivity index (χ3v) is 6.63. The van der Waals surface area contributed by atoms with Crippen LogP contribution in [0, 0.1) is 6.92 Å². The van der Waals surface area contributed by atoms with Gasteiger partial charge in [-0.1, -0.05) is 17.3 Å². The number of nitrogens with two attached hydrogens (primary N) is 1. The minimum atomic E-state index is -0.372. The average molecular weight is 478 g/mol. The Bertz CT molecular complexity index is 1250. The molecule has 0 atom stereocenters. The summed E-state index contributed by atoms with van der Waals surface area (Å²) >= 11 is 0. The predicted molar refractivity (Wildman–Crippen MR) is 132 cm³/mol. The van der Waals surface area contributed by atoms with E-state index in [2.05, 4.69) is 28.0 Å². The molecule has 1 saturated heterocycles. The molecule has 0 spiro atoms. The second-order valence-corrected chi connectivity index (χ2v) is 9.63. The summed E-state index contributed by atoms with van der Waals surface area (Å²) in [6.45, 7) is 8.79. The first-order valence-corrected chi connectivity index (χ1v) is 12.0. The average Bonchev–Trinajstić information content (AvgIpc) is 3.28. The van der Waals surface area contributed by atoms with Crippen LogP contribution in [-0.2, 0) is 17.8 Å². The maximum atomic E-state index is 12.4. The van der Waals surface area contributed by atoms with E-state index in [0.717, 1.165) is 36.2 Å². The van der Waals surface area contributed by atoms with Crippen molar-refractivity contribution in [2.24, 2.45) is 0 Å². The largest absolute Gasteiger partial charge is 0.489 e. The second kappa shape index (κ2) is 9.31. The number of rotatable bonds is 6. The van der Waals surface area contributed by atoms with Crippen LogP contribution in [0.4, 0.5) is 5.69 Å². The van der Waals surface area contributed by atoms with E-state index >= 15 is 0 Å². The maximum Gasteiger partial charge on any atom is 0.258 e. The number of hydrogen-bond acceptors (Lipinski definition) is 8. The zero-order valence-corrected chi connectivity index (χ0v) is 20.3. The highest BCUT2D eigenvalue weighted by Crippen LogP contribution is 2.33. The predicted octanol–water partition coefficient (Wildman–Crippen LogP) is 2.64. The molecule has 2 aromatic carbocycles. The quantitative estimate of drug-likeness (QED) is 0.520. The number of β-amino-alcohol motifs (C(OH)–C–C–N with tert-alkyl or cyclic N) is 1. The van der Waals surface area contributed by atoms with Crippen molar-refractivity contribution in [3.63, 3.8) is 0 Å². The topological polar surface area (TPSA) is 118 Å². The molecule has 3 heterocycles. The summed E-state index contributed by atoms with van der Waals surface area (Å²) in [4.78, 5) is 20.9. The molecule has 0 unspecified atom stereocenters. The van der Waals surface area contributed by atoms with Crippen LogP contribution in [0.2, 0.25) is 0 Å². The Morgan fingerprint density at radius 3 is 2.80 bits per heavy atom. The molecule has 9 heteroatoms. The van der Waals surface area contributed by atoms with E-state index in [4.69, 9.17) is 15.0 Å². The lowest BCUT2D eigenvalue weighted by Crippen LogP contribution is -2.56. The Kier molecular flexibility index (Phi) is 6.21. The summed E-state index contributed by atoms with van der Waals surface area (Å²) in [5.74, 6) is 1.65. The molecule has 3 N–H and O–H groups in total. The normalized spacial score (nSPS) is 16.3. The van der Waals surface area contributed by atoms with Crippen molar-refractivity contribution in [3.8, 4) is 28.6 Å². The van der Waals surface area contributed by atoms with Gasteiger partial charge in [0, 0.05) is 37.3 Å². The van der Waals surface area contributed by atoms with Crippen molar-refractivity contribution >= 4 is 11.6 Å². The molecule has 0 radical (unpaired) electrons. The first-order chi connectivity index (χ1) is 16.8. The van der Waals surface area contributed by atoms with Crippen LogP contribution >= 0.6 is 0 Å². The molecule has 1 fully saturated rings. The molecule has 1 amide bonds. The van der Waals surface area contributed by atoms with Gasteiger partial charge in [-0.25, -0.2) is 0 Å². The van der Waals surface area contributed by atoms with Crippen molar-refractivity contribution in [2.75, 3.05) is 31.9 Å². The Labute approximate surface area is 204 Å². The van der Waals surface area contributed by atoms with Crippen molar-refractivity contribution in [3.05, 3.63) is 47.0 Å². The van der Waals surface area contributed by atoms with Gasteiger partial charge in [0.1, 0.15) is 5.75 Å². The van der Waals surface area contributed by atoms with Crippen molar-refractivity contribution in [2.45, 2.75) is 45.9 Å². The van der Waals surface area contributed by atoms with Gasteiger partial charge in [0.05, 0.1) is 24.4 Å². The Morgan fingerprint density at radius 2 is 2.09 bits per heavy atom.